The first kappa shape index (κ1) is 15.9. The second-order valence-corrected chi connectivity index (χ2v) is 7.64. The standard InChI is InChI=1S/C13H22N2O3S/c1-6-12(16)13-10(4)14-15(11(13)5)7-8-19(17,18)9(2)3/h9H,6-8H2,1-5H3. The first-order valence-electron chi connectivity index (χ1n) is 6.49. The Bertz CT molecular complexity index is 571. The molecule has 0 bridgehead atoms. The summed E-state index contributed by atoms with van der Waals surface area (Å²) in [6, 6.07) is 0. The van der Waals surface area contributed by atoms with Gasteiger partial charge in [-0.15, -0.1) is 0 Å². The molecular weight excluding hydrogens is 264 g/mol. The second kappa shape index (κ2) is 5.86. The Balaban J connectivity index is 2.96. The first-order chi connectivity index (χ1) is 8.70. The number of hydrogen-bond acceptors (Lipinski definition) is 4. The highest BCUT2D eigenvalue weighted by molar-refractivity contribution is 7.91. The van der Waals surface area contributed by atoms with Crippen LogP contribution in [-0.2, 0) is 16.4 Å². The van der Waals surface area contributed by atoms with Gasteiger partial charge >= 0.3 is 0 Å². The number of Topliss-reactive ketones (excluding diaryl/α,β-unsaturated/α-hetero) is 1. The Labute approximate surface area is 114 Å². The van der Waals surface area contributed by atoms with E-state index in [1.165, 1.54) is 0 Å². The lowest BCUT2D eigenvalue weighted by Crippen LogP contribution is -2.22. The van der Waals surface area contributed by atoms with Gasteiger partial charge in [-0.2, -0.15) is 5.10 Å². The highest BCUT2D eigenvalue weighted by atomic mass is 32.2. The molecule has 0 aromatic carbocycles. The molecule has 1 aromatic heterocycles. The van der Waals surface area contributed by atoms with Crippen molar-refractivity contribution in [2.24, 2.45) is 0 Å². The molecule has 19 heavy (non-hydrogen) atoms. The SMILES string of the molecule is CCC(=O)c1c(C)nn(CCS(=O)(=O)C(C)C)c1C. The van der Waals surface area contributed by atoms with Crippen LogP contribution in [0.2, 0.25) is 0 Å². The van der Waals surface area contributed by atoms with Crippen molar-refractivity contribution in [2.45, 2.75) is 52.8 Å². The Morgan fingerprint density at radius 1 is 1.32 bits per heavy atom. The molecule has 0 unspecified atom stereocenters. The molecular formula is C13H22N2O3S. The van der Waals surface area contributed by atoms with E-state index in [1.807, 2.05) is 13.8 Å². The molecule has 5 nitrogen and oxygen atoms in total. The summed E-state index contributed by atoms with van der Waals surface area (Å²) in [4.78, 5) is 11.8. The minimum absolute atomic E-state index is 0.0480. The van der Waals surface area contributed by atoms with E-state index in [9.17, 15) is 13.2 Å². The predicted octanol–water partition coefficient (Wildman–Crippen LogP) is 1.92. The predicted molar refractivity (Wildman–Crippen MR) is 75.2 cm³/mol. The van der Waals surface area contributed by atoms with Gasteiger partial charge in [-0.25, -0.2) is 8.42 Å². The molecule has 0 spiro atoms. The molecule has 0 amide bonds. The summed E-state index contributed by atoms with van der Waals surface area (Å²) >= 11 is 0. The monoisotopic (exact) mass is 286 g/mol. The maximum absolute atomic E-state index is 11.8. The van der Waals surface area contributed by atoms with Crippen molar-refractivity contribution in [3.8, 4) is 0 Å². The maximum atomic E-state index is 11.8. The Morgan fingerprint density at radius 3 is 2.37 bits per heavy atom. The third kappa shape index (κ3) is 3.43. The Hall–Kier alpha value is -1.17. The van der Waals surface area contributed by atoms with Crippen molar-refractivity contribution in [3.05, 3.63) is 17.0 Å². The van der Waals surface area contributed by atoms with E-state index in [1.54, 1.807) is 25.5 Å². The van der Waals surface area contributed by atoms with Crippen LogP contribution in [0.4, 0.5) is 0 Å². The van der Waals surface area contributed by atoms with Gasteiger partial charge in [-0.1, -0.05) is 6.92 Å². The van der Waals surface area contributed by atoms with Crippen LogP contribution in [0.3, 0.4) is 0 Å². The van der Waals surface area contributed by atoms with Crippen molar-refractivity contribution >= 4 is 15.6 Å². The molecule has 0 saturated carbocycles. The Kier molecular flexibility index (Phi) is 4.90. The van der Waals surface area contributed by atoms with Gasteiger partial charge in [0.1, 0.15) is 0 Å². The summed E-state index contributed by atoms with van der Waals surface area (Å²) in [6.45, 7) is 9.03. The summed E-state index contributed by atoms with van der Waals surface area (Å²) in [6.07, 6.45) is 0.428. The molecule has 0 N–H and O–H groups in total. The topological polar surface area (TPSA) is 69.0 Å². The van der Waals surface area contributed by atoms with Crippen molar-refractivity contribution < 1.29 is 13.2 Å². The minimum atomic E-state index is -3.09. The van der Waals surface area contributed by atoms with E-state index < -0.39 is 9.84 Å². The molecule has 0 aliphatic heterocycles. The lowest BCUT2D eigenvalue weighted by atomic mass is 10.1. The molecule has 0 radical (unpaired) electrons. The maximum Gasteiger partial charge on any atom is 0.166 e. The van der Waals surface area contributed by atoms with Crippen LogP contribution in [0.5, 0.6) is 0 Å². The molecule has 0 atom stereocenters. The van der Waals surface area contributed by atoms with Crippen LogP contribution < -0.4 is 0 Å². The first-order valence-corrected chi connectivity index (χ1v) is 8.21. The van der Waals surface area contributed by atoms with Crippen LogP contribution in [0.25, 0.3) is 0 Å². The third-order valence-corrected chi connectivity index (χ3v) is 5.48. The van der Waals surface area contributed by atoms with Crippen LogP contribution >= 0.6 is 0 Å². The van der Waals surface area contributed by atoms with Gasteiger partial charge < -0.3 is 0 Å². The number of carbonyl (C=O) groups excluding carboxylic acids is 1. The van der Waals surface area contributed by atoms with Crippen molar-refractivity contribution in [3.63, 3.8) is 0 Å². The largest absolute Gasteiger partial charge is 0.294 e. The van der Waals surface area contributed by atoms with Gasteiger partial charge in [0, 0.05) is 12.1 Å². The molecule has 1 rings (SSSR count). The summed E-state index contributed by atoms with van der Waals surface area (Å²) in [5, 5.41) is 3.89. The highest BCUT2D eigenvalue weighted by Crippen LogP contribution is 2.15. The van der Waals surface area contributed by atoms with Crippen molar-refractivity contribution in [2.75, 3.05) is 5.75 Å². The van der Waals surface area contributed by atoms with Gasteiger partial charge in [0.2, 0.25) is 0 Å². The minimum Gasteiger partial charge on any atom is -0.294 e. The third-order valence-electron chi connectivity index (χ3n) is 3.29. The fourth-order valence-electron chi connectivity index (χ4n) is 1.94. The molecule has 6 heteroatoms. The molecule has 0 fully saturated rings. The van der Waals surface area contributed by atoms with E-state index in [-0.39, 0.29) is 16.8 Å². The van der Waals surface area contributed by atoms with Gasteiger partial charge in [0.25, 0.3) is 0 Å². The summed E-state index contributed by atoms with van der Waals surface area (Å²) in [5.74, 6) is 0.0970. The van der Waals surface area contributed by atoms with E-state index >= 15 is 0 Å². The normalized spacial score (nSPS) is 12.1. The second-order valence-electron chi connectivity index (χ2n) is 4.96. The molecule has 0 saturated heterocycles. The quantitative estimate of drug-likeness (QED) is 0.749. The van der Waals surface area contributed by atoms with E-state index in [0.29, 0.717) is 24.2 Å². The number of rotatable bonds is 6. The van der Waals surface area contributed by atoms with Crippen LogP contribution in [-0.4, -0.2) is 35.0 Å². The lowest BCUT2D eigenvalue weighted by Gasteiger charge is -2.09. The zero-order valence-electron chi connectivity index (χ0n) is 12.2. The average molecular weight is 286 g/mol. The van der Waals surface area contributed by atoms with Gasteiger partial charge in [-0.05, 0) is 27.7 Å². The average Bonchev–Trinajstić information content (AvgIpc) is 2.61. The number of hydrogen-bond donors (Lipinski definition) is 0. The van der Waals surface area contributed by atoms with Gasteiger partial charge in [-0.3, -0.25) is 9.48 Å². The molecule has 1 aromatic rings. The van der Waals surface area contributed by atoms with Crippen LogP contribution in [0, 0.1) is 13.8 Å². The van der Waals surface area contributed by atoms with E-state index in [0.717, 1.165) is 5.69 Å². The number of aromatic nitrogens is 2. The number of nitrogens with zero attached hydrogens (tertiary/aromatic N) is 2. The summed E-state index contributed by atoms with van der Waals surface area (Å²) in [7, 11) is -3.09. The smallest absolute Gasteiger partial charge is 0.166 e. The summed E-state index contributed by atoms with van der Waals surface area (Å²) in [5.41, 5.74) is 2.05. The van der Waals surface area contributed by atoms with Crippen molar-refractivity contribution in [1.82, 2.24) is 9.78 Å². The summed E-state index contributed by atoms with van der Waals surface area (Å²) < 4.78 is 25.2. The molecule has 0 aliphatic rings. The van der Waals surface area contributed by atoms with Crippen LogP contribution in [0.15, 0.2) is 0 Å². The molecule has 1 heterocycles. The van der Waals surface area contributed by atoms with Gasteiger partial charge in [0.05, 0.1) is 28.8 Å². The fourth-order valence-corrected chi connectivity index (χ4v) is 2.84. The van der Waals surface area contributed by atoms with Crippen LogP contribution in [0.1, 0.15) is 48.9 Å². The van der Waals surface area contributed by atoms with Crippen molar-refractivity contribution in [1.29, 1.82) is 0 Å². The van der Waals surface area contributed by atoms with Gasteiger partial charge in [0.15, 0.2) is 15.6 Å². The number of sulfone groups is 1. The number of carbonyl (C=O) groups is 1. The molecule has 108 valence electrons. The van der Waals surface area contributed by atoms with E-state index in [4.69, 9.17) is 0 Å². The number of aryl methyl sites for hydroxylation is 2. The fraction of sp³-hybridized carbons (Fsp3) is 0.692. The number of ketones is 1. The molecule has 0 aliphatic carbocycles. The zero-order chi connectivity index (χ0) is 14.8. The highest BCUT2D eigenvalue weighted by Gasteiger charge is 2.20. The van der Waals surface area contributed by atoms with E-state index in [2.05, 4.69) is 5.10 Å². The lowest BCUT2D eigenvalue weighted by molar-refractivity contribution is 0.0987. The zero-order valence-corrected chi connectivity index (χ0v) is 13.0. The Morgan fingerprint density at radius 2 is 1.89 bits per heavy atom.